The van der Waals surface area contributed by atoms with E-state index in [1.807, 2.05) is 0 Å². The van der Waals surface area contributed by atoms with Crippen LogP contribution in [0.4, 0.5) is 0 Å². The highest BCUT2D eigenvalue weighted by atomic mass is 79.9. The van der Waals surface area contributed by atoms with E-state index in [1.165, 1.54) is 11.3 Å². The van der Waals surface area contributed by atoms with Crippen molar-refractivity contribution in [3.63, 3.8) is 0 Å². The molecule has 0 bridgehead atoms. The maximum Gasteiger partial charge on any atom is 0.341 e. The van der Waals surface area contributed by atoms with Gasteiger partial charge in [0, 0.05) is 0 Å². The first-order chi connectivity index (χ1) is 9.32. The number of carbonyl (C=O) groups excluding carboxylic acids is 2. The largest absolute Gasteiger partial charge is 0.456 e. The molecule has 4 nitrogen and oxygen atoms in total. The summed E-state index contributed by atoms with van der Waals surface area (Å²) in [5.74, 6) is -1.12. The van der Waals surface area contributed by atoms with Crippen LogP contribution in [0.15, 0.2) is 7.57 Å². The Balaban J connectivity index is 3.22. The van der Waals surface area contributed by atoms with E-state index < -0.39 is 23.1 Å². The van der Waals surface area contributed by atoms with Gasteiger partial charge in [-0.15, -0.1) is 11.3 Å². The SMILES string of the molecule is CC(C)(C)OC(=O)c1c(Br)sc(Br)c1C(=O)OC(C)(C)C. The summed E-state index contributed by atoms with van der Waals surface area (Å²) in [6, 6.07) is 0. The Hall–Kier alpha value is -0.400. The van der Waals surface area contributed by atoms with Crippen LogP contribution in [0.3, 0.4) is 0 Å². The van der Waals surface area contributed by atoms with E-state index in [2.05, 4.69) is 31.9 Å². The molecule has 0 aliphatic heterocycles. The molecular formula is C14H18Br2O4S. The van der Waals surface area contributed by atoms with E-state index in [0.717, 1.165) is 0 Å². The molecule has 0 aromatic carbocycles. The first kappa shape index (κ1) is 18.6. The van der Waals surface area contributed by atoms with Crippen molar-refractivity contribution in [2.45, 2.75) is 52.7 Å². The van der Waals surface area contributed by atoms with Gasteiger partial charge in [-0.3, -0.25) is 0 Å². The molecule has 0 N–H and O–H groups in total. The van der Waals surface area contributed by atoms with Crippen molar-refractivity contribution >= 4 is 55.1 Å². The van der Waals surface area contributed by atoms with Crippen LogP contribution in [0, 0.1) is 0 Å². The third kappa shape index (κ3) is 5.38. The van der Waals surface area contributed by atoms with Crippen LogP contribution in [0.2, 0.25) is 0 Å². The van der Waals surface area contributed by atoms with Crippen LogP contribution in [-0.2, 0) is 9.47 Å². The van der Waals surface area contributed by atoms with E-state index in [-0.39, 0.29) is 11.1 Å². The van der Waals surface area contributed by atoms with Crippen LogP contribution in [0.1, 0.15) is 62.3 Å². The smallest absolute Gasteiger partial charge is 0.341 e. The van der Waals surface area contributed by atoms with Crippen molar-refractivity contribution in [2.75, 3.05) is 0 Å². The molecule has 1 heterocycles. The number of hydrogen-bond acceptors (Lipinski definition) is 5. The molecule has 1 rings (SSSR count). The molecule has 0 saturated carbocycles. The van der Waals surface area contributed by atoms with E-state index in [9.17, 15) is 9.59 Å². The number of ether oxygens (including phenoxy) is 2. The summed E-state index contributed by atoms with van der Waals surface area (Å²) in [6.07, 6.45) is 0. The van der Waals surface area contributed by atoms with E-state index in [1.54, 1.807) is 41.5 Å². The fraction of sp³-hybridized carbons (Fsp3) is 0.571. The van der Waals surface area contributed by atoms with Crippen molar-refractivity contribution in [1.29, 1.82) is 0 Å². The van der Waals surface area contributed by atoms with E-state index in [4.69, 9.17) is 9.47 Å². The number of carbonyl (C=O) groups is 2. The van der Waals surface area contributed by atoms with Gasteiger partial charge in [-0.1, -0.05) is 0 Å². The summed E-state index contributed by atoms with van der Waals surface area (Å²) in [7, 11) is 0. The minimum Gasteiger partial charge on any atom is -0.456 e. The molecule has 1 aromatic rings. The zero-order valence-electron chi connectivity index (χ0n) is 12.8. The zero-order valence-corrected chi connectivity index (χ0v) is 16.8. The third-order valence-corrected chi connectivity index (χ3v) is 4.56. The van der Waals surface area contributed by atoms with Crippen LogP contribution in [0.25, 0.3) is 0 Å². The second-order valence-electron chi connectivity index (χ2n) is 6.40. The molecule has 1 aromatic heterocycles. The second kappa shape index (κ2) is 6.38. The Morgan fingerprint density at radius 1 is 0.810 bits per heavy atom. The minimum atomic E-state index is -0.643. The Kier molecular flexibility index (Phi) is 5.67. The average molecular weight is 442 g/mol. The molecule has 0 unspecified atom stereocenters. The van der Waals surface area contributed by atoms with Crippen molar-refractivity contribution < 1.29 is 19.1 Å². The van der Waals surface area contributed by atoms with E-state index >= 15 is 0 Å². The lowest BCUT2D eigenvalue weighted by atomic mass is 10.1. The number of hydrogen-bond donors (Lipinski definition) is 0. The quantitative estimate of drug-likeness (QED) is 0.593. The molecule has 0 fully saturated rings. The molecule has 118 valence electrons. The van der Waals surface area contributed by atoms with Crippen LogP contribution in [0.5, 0.6) is 0 Å². The van der Waals surface area contributed by atoms with Gasteiger partial charge in [0.1, 0.15) is 22.3 Å². The summed E-state index contributed by atoms with van der Waals surface area (Å²) in [5, 5.41) is 0. The lowest BCUT2D eigenvalue weighted by Crippen LogP contribution is -2.27. The highest BCUT2D eigenvalue weighted by Crippen LogP contribution is 2.39. The number of rotatable bonds is 2. The average Bonchev–Trinajstić information content (AvgIpc) is 2.47. The van der Waals surface area contributed by atoms with Gasteiger partial charge in [0.15, 0.2) is 0 Å². The Morgan fingerprint density at radius 3 is 1.33 bits per heavy atom. The monoisotopic (exact) mass is 440 g/mol. The normalized spacial score (nSPS) is 12.2. The third-order valence-electron chi connectivity index (χ3n) is 2.03. The highest BCUT2D eigenvalue weighted by molar-refractivity contribution is 9.12. The molecule has 0 aliphatic carbocycles. The van der Waals surface area contributed by atoms with Gasteiger partial charge in [-0.25, -0.2) is 9.59 Å². The van der Waals surface area contributed by atoms with Crippen LogP contribution < -0.4 is 0 Å². The first-order valence-electron chi connectivity index (χ1n) is 6.26. The number of halogens is 2. The predicted octanol–water partition coefficient (Wildman–Crippen LogP) is 5.18. The van der Waals surface area contributed by atoms with Gasteiger partial charge in [-0.05, 0) is 73.4 Å². The number of thiophene rings is 1. The zero-order chi connectivity index (χ0) is 16.6. The summed E-state index contributed by atoms with van der Waals surface area (Å²) in [4.78, 5) is 24.6. The maximum absolute atomic E-state index is 12.3. The van der Waals surface area contributed by atoms with E-state index in [0.29, 0.717) is 7.57 Å². The van der Waals surface area contributed by atoms with Crippen molar-refractivity contribution in [2.24, 2.45) is 0 Å². The molecule has 0 atom stereocenters. The Labute approximate surface area is 145 Å². The van der Waals surface area contributed by atoms with Gasteiger partial charge >= 0.3 is 11.9 Å². The van der Waals surface area contributed by atoms with Crippen molar-refractivity contribution in [3.8, 4) is 0 Å². The lowest BCUT2D eigenvalue weighted by molar-refractivity contribution is 0.00186. The number of esters is 2. The summed E-state index contributed by atoms with van der Waals surface area (Å²) < 4.78 is 11.8. The van der Waals surface area contributed by atoms with Gasteiger partial charge in [0.25, 0.3) is 0 Å². The lowest BCUT2D eigenvalue weighted by Gasteiger charge is -2.21. The van der Waals surface area contributed by atoms with Crippen LogP contribution >= 0.6 is 43.2 Å². The summed E-state index contributed by atoms with van der Waals surface area (Å²) >= 11 is 7.84. The first-order valence-corrected chi connectivity index (χ1v) is 8.66. The molecule has 0 saturated heterocycles. The van der Waals surface area contributed by atoms with Crippen LogP contribution in [-0.4, -0.2) is 23.1 Å². The maximum atomic E-state index is 12.3. The predicted molar refractivity (Wildman–Crippen MR) is 90.1 cm³/mol. The molecule has 7 heteroatoms. The van der Waals surface area contributed by atoms with Gasteiger partial charge < -0.3 is 9.47 Å². The molecular weight excluding hydrogens is 424 g/mol. The Bertz CT molecular complexity index is 516. The fourth-order valence-electron chi connectivity index (χ4n) is 1.40. The van der Waals surface area contributed by atoms with Crippen molar-refractivity contribution in [1.82, 2.24) is 0 Å². The standard InChI is InChI=1S/C14H18Br2O4S/c1-13(2,3)19-11(17)7-8(10(16)21-9(7)15)12(18)20-14(4,5)6/h1-6H3. The molecule has 0 radical (unpaired) electrons. The molecule has 0 spiro atoms. The van der Waals surface area contributed by atoms with Gasteiger partial charge in [0.05, 0.1) is 7.57 Å². The summed E-state index contributed by atoms with van der Waals surface area (Å²) in [5.41, 5.74) is -0.904. The molecule has 0 amide bonds. The summed E-state index contributed by atoms with van der Waals surface area (Å²) in [6.45, 7) is 10.6. The topological polar surface area (TPSA) is 52.6 Å². The molecule has 21 heavy (non-hydrogen) atoms. The van der Waals surface area contributed by atoms with Gasteiger partial charge in [-0.2, -0.15) is 0 Å². The highest BCUT2D eigenvalue weighted by Gasteiger charge is 2.32. The van der Waals surface area contributed by atoms with Gasteiger partial charge in [0.2, 0.25) is 0 Å². The second-order valence-corrected chi connectivity index (χ2v) is 10.1. The minimum absolute atomic E-state index is 0.191. The fourth-order valence-corrected chi connectivity index (χ4v) is 4.48. The van der Waals surface area contributed by atoms with Crippen molar-refractivity contribution in [3.05, 3.63) is 18.7 Å². The Morgan fingerprint density at radius 2 is 1.10 bits per heavy atom. The molecule has 0 aliphatic rings.